The van der Waals surface area contributed by atoms with E-state index >= 15 is 0 Å². The van der Waals surface area contributed by atoms with Gasteiger partial charge in [0, 0.05) is 17.9 Å². The van der Waals surface area contributed by atoms with Crippen molar-refractivity contribution >= 4 is 27.5 Å². The molecule has 1 aromatic carbocycles. The van der Waals surface area contributed by atoms with Crippen LogP contribution in [0.4, 0.5) is 5.69 Å². The Morgan fingerprint density at radius 1 is 1.40 bits per heavy atom. The van der Waals surface area contributed by atoms with Crippen LogP contribution in [0.1, 0.15) is 12.0 Å². The molecular weight excluding hydrogens is 258 g/mol. The molecule has 1 amide bonds. The molecule has 0 aromatic heterocycles. The zero-order chi connectivity index (χ0) is 11.0. The van der Waals surface area contributed by atoms with Crippen LogP contribution in [0.25, 0.3) is 0 Å². The summed E-state index contributed by atoms with van der Waals surface area (Å²) in [7, 11) is 3.41. The maximum atomic E-state index is 11.6. The first-order valence-electron chi connectivity index (χ1n) is 4.76. The number of anilines is 1. The monoisotopic (exact) mass is 269 g/mol. The molecule has 0 atom stereocenters. The molecule has 0 saturated heterocycles. The lowest BCUT2D eigenvalue weighted by molar-refractivity contribution is -0.118. The molecule has 0 radical (unpaired) electrons. The van der Waals surface area contributed by atoms with Crippen molar-refractivity contribution in [1.82, 2.24) is 0 Å². The number of amides is 1. The number of aryl methyl sites for hydroxylation is 1. The lowest BCUT2D eigenvalue weighted by Crippen LogP contribution is -2.31. The van der Waals surface area contributed by atoms with E-state index in [1.165, 1.54) is 0 Å². The molecule has 0 bridgehead atoms. The van der Waals surface area contributed by atoms with Gasteiger partial charge in [-0.3, -0.25) is 4.79 Å². The van der Waals surface area contributed by atoms with E-state index in [0.29, 0.717) is 6.42 Å². The molecule has 1 aliphatic rings. The summed E-state index contributed by atoms with van der Waals surface area (Å²) < 4.78 is 6.28. The molecule has 0 N–H and O–H groups in total. The maximum Gasteiger partial charge on any atom is 0.227 e. The quantitative estimate of drug-likeness (QED) is 0.784. The van der Waals surface area contributed by atoms with Gasteiger partial charge in [-0.1, -0.05) is 15.9 Å². The van der Waals surface area contributed by atoms with Gasteiger partial charge in [-0.2, -0.15) is 0 Å². The van der Waals surface area contributed by atoms with Gasteiger partial charge in [0.1, 0.15) is 5.75 Å². The van der Waals surface area contributed by atoms with Gasteiger partial charge in [0.05, 0.1) is 12.8 Å². The van der Waals surface area contributed by atoms with Crippen molar-refractivity contribution in [2.75, 3.05) is 19.1 Å². The zero-order valence-electron chi connectivity index (χ0n) is 8.71. The van der Waals surface area contributed by atoms with Crippen LogP contribution in [0.3, 0.4) is 0 Å². The number of rotatable bonds is 1. The first-order valence-corrected chi connectivity index (χ1v) is 5.55. The fourth-order valence-electron chi connectivity index (χ4n) is 1.89. The number of nitrogens with zero attached hydrogens (tertiary/aromatic N) is 1. The molecule has 0 fully saturated rings. The Kier molecular flexibility index (Phi) is 2.69. The van der Waals surface area contributed by atoms with E-state index in [1.807, 2.05) is 12.1 Å². The largest absolute Gasteiger partial charge is 0.495 e. The number of carbonyl (C=O) groups excluding carboxylic acids is 1. The van der Waals surface area contributed by atoms with Crippen molar-refractivity contribution in [2.24, 2.45) is 0 Å². The van der Waals surface area contributed by atoms with E-state index < -0.39 is 0 Å². The SMILES string of the molecule is COc1cc(Br)cc2c1N(C)C(=O)CC2. The van der Waals surface area contributed by atoms with E-state index in [9.17, 15) is 4.79 Å². The number of hydrogen-bond donors (Lipinski definition) is 0. The number of halogens is 1. The van der Waals surface area contributed by atoms with E-state index in [1.54, 1.807) is 19.1 Å². The third-order valence-electron chi connectivity index (χ3n) is 2.66. The highest BCUT2D eigenvalue weighted by Crippen LogP contribution is 2.38. The Balaban J connectivity index is 2.59. The Hall–Kier alpha value is -1.03. The standard InChI is InChI=1S/C11H12BrNO2/c1-13-10(14)4-3-7-5-8(12)6-9(15-2)11(7)13/h5-6H,3-4H2,1-2H3. The van der Waals surface area contributed by atoms with Crippen LogP contribution in [0.2, 0.25) is 0 Å². The highest BCUT2D eigenvalue weighted by molar-refractivity contribution is 9.10. The van der Waals surface area contributed by atoms with Gasteiger partial charge in [-0.15, -0.1) is 0 Å². The summed E-state index contributed by atoms with van der Waals surface area (Å²) in [4.78, 5) is 13.2. The fraction of sp³-hybridized carbons (Fsp3) is 0.364. The Labute approximate surface area is 97.2 Å². The smallest absolute Gasteiger partial charge is 0.227 e. The predicted molar refractivity (Wildman–Crippen MR) is 62.4 cm³/mol. The highest BCUT2D eigenvalue weighted by atomic mass is 79.9. The number of carbonyl (C=O) groups is 1. The van der Waals surface area contributed by atoms with Crippen LogP contribution in [-0.2, 0) is 11.2 Å². The average Bonchev–Trinajstić information content (AvgIpc) is 2.22. The number of ether oxygens (including phenoxy) is 1. The van der Waals surface area contributed by atoms with Gasteiger partial charge in [0.2, 0.25) is 5.91 Å². The van der Waals surface area contributed by atoms with Gasteiger partial charge in [-0.25, -0.2) is 0 Å². The molecule has 0 saturated carbocycles. The third-order valence-corrected chi connectivity index (χ3v) is 3.11. The van der Waals surface area contributed by atoms with Crippen molar-refractivity contribution < 1.29 is 9.53 Å². The van der Waals surface area contributed by atoms with Gasteiger partial charge in [-0.05, 0) is 24.1 Å². The first-order chi connectivity index (χ1) is 7.13. The minimum atomic E-state index is 0.142. The third kappa shape index (κ3) is 1.74. The summed E-state index contributed by atoms with van der Waals surface area (Å²) >= 11 is 3.43. The molecule has 1 aliphatic heterocycles. The molecule has 1 heterocycles. The van der Waals surface area contributed by atoms with Crippen molar-refractivity contribution in [2.45, 2.75) is 12.8 Å². The minimum Gasteiger partial charge on any atom is -0.495 e. The van der Waals surface area contributed by atoms with Crippen LogP contribution in [0.5, 0.6) is 5.75 Å². The zero-order valence-corrected chi connectivity index (χ0v) is 10.3. The van der Waals surface area contributed by atoms with Crippen molar-refractivity contribution in [3.63, 3.8) is 0 Å². The second-order valence-electron chi connectivity index (χ2n) is 3.57. The van der Waals surface area contributed by atoms with E-state index in [-0.39, 0.29) is 5.91 Å². The van der Waals surface area contributed by atoms with Crippen molar-refractivity contribution in [3.8, 4) is 5.75 Å². The molecule has 0 spiro atoms. The average molecular weight is 270 g/mol. The highest BCUT2D eigenvalue weighted by Gasteiger charge is 2.24. The number of hydrogen-bond acceptors (Lipinski definition) is 2. The van der Waals surface area contributed by atoms with Crippen LogP contribution in [-0.4, -0.2) is 20.1 Å². The van der Waals surface area contributed by atoms with E-state index in [4.69, 9.17) is 4.74 Å². The van der Waals surface area contributed by atoms with Crippen LogP contribution in [0, 0.1) is 0 Å². The molecular formula is C11H12BrNO2. The van der Waals surface area contributed by atoms with Crippen molar-refractivity contribution in [3.05, 3.63) is 22.2 Å². The molecule has 2 rings (SSSR count). The summed E-state index contributed by atoms with van der Waals surface area (Å²) in [6.45, 7) is 0. The minimum absolute atomic E-state index is 0.142. The Bertz CT molecular complexity index is 400. The summed E-state index contributed by atoms with van der Waals surface area (Å²) in [5.74, 6) is 0.887. The summed E-state index contributed by atoms with van der Waals surface area (Å²) in [6.07, 6.45) is 1.36. The van der Waals surface area contributed by atoms with Gasteiger partial charge in [0.15, 0.2) is 0 Å². The van der Waals surface area contributed by atoms with Crippen LogP contribution >= 0.6 is 15.9 Å². The second kappa shape index (κ2) is 3.85. The van der Waals surface area contributed by atoms with Crippen LogP contribution < -0.4 is 9.64 Å². The Morgan fingerprint density at radius 2 is 2.13 bits per heavy atom. The lowest BCUT2D eigenvalue weighted by atomic mass is 10.0. The molecule has 4 heteroatoms. The topological polar surface area (TPSA) is 29.5 Å². The van der Waals surface area contributed by atoms with Gasteiger partial charge in [0.25, 0.3) is 0 Å². The lowest BCUT2D eigenvalue weighted by Gasteiger charge is -2.27. The first kappa shape index (κ1) is 10.5. The van der Waals surface area contributed by atoms with Crippen molar-refractivity contribution in [1.29, 1.82) is 0 Å². The second-order valence-corrected chi connectivity index (χ2v) is 4.48. The summed E-state index contributed by atoms with van der Waals surface area (Å²) in [5.41, 5.74) is 2.06. The molecule has 3 nitrogen and oxygen atoms in total. The summed E-state index contributed by atoms with van der Waals surface area (Å²) in [6, 6.07) is 3.93. The Morgan fingerprint density at radius 3 is 2.80 bits per heavy atom. The molecule has 80 valence electrons. The van der Waals surface area contributed by atoms with Crippen LogP contribution in [0.15, 0.2) is 16.6 Å². The van der Waals surface area contributed by atoms with E-state index in [0.717, 1.165) is 27.9 Å². The van der Waals surface area contributed by atoms with Gasteiger partial charge < -0.3 is 9.64 Å². The fourth-order valence-corrected chi connectivity index (χ4v) is 2.37. The molecule has 15 heavy (non-hydrogen) atoms. The number of fused-ring (bicyclic) bond motifs is 1. The van der Waals surface area contributed by atoms with Gasteiger partial charge >= 0.3 is 0 Å². The molecule has 0 aliphatic carbocycles. The maximum absolute atomic E-state index is 11.6. The summed E-state index contributed by atoms with van der Waals surface area (Å²) in [5, 5.41) is 0. The normalized spacial score (nSPS) is 15.1. The predicted octanol–water partition coefficient (Wildman–Crippen LogP) is 2.37. The molecule has 1 aromatic rings. The molecule has 0 unspecified atom stereocenters. The van der Waals surface area contributed by atoms with E-state index in [2.05, 4.69) is 15.9 Å². The number of methoxy groups -OCH3 is 1. The number of benzene rings is 1.